The third-order valence-electron chi connectivity index (χ3n) is 5.19. The predicted molar refractivity (Wildman–Crippen MR) is 105 cm³/mol. The van der Waals surface area contributed by atoms with Gasteiger partial charge in [-0.1, -0.05) is 12.1 Å². The number of ether oxygens (including phenoxy) is 2. The largest absolute Gasteiger partial charge is 0.493 e. The number of halogens is 1. The zero-order chi connectivity index (χ0) is 19.7. The summed E-state index contributed by atoms with van der Waals surface area (Å²) >= 11 is 0. The van der Waals surface area contributed by atoms with E-state index in [0.717, 1.165) is 41.9 Å². The maximum Gasteiger partial charge on any atom is 0.229 e. The van der Waals surface area contributed by atoms with E-state index in [-0.39, 0.29) is 11.9 Å². The van der Waals surface area contributed by atoms with Gasteiger partial charge in [0.1, 0.15) is 11.6 Å². The topological polar surface area (TPSA) is 61.2 Å². The van der Waals surface area contributed by atoms with Gasteiger partial charge in [0.2, 0.25) is 5.95 Å². The van der Waals surface area contributed by atoms with Crippen molar-refractivity contribution < 1.29 is 13.9 Å². The van der Waals surface area contributed by atoms with Crippen LogP contribution in [0.2, 0.25) is 0 Å². The van der Waals surface area contributed by atoms with Crippen LogP contribution in [0.5, 0.6) is 11.5 Å². The van der Waals surface area contributed by atoms with E-state index in [4.69, 9.17) is 9.47 Å². The van der Waals surface area contributed by atoms with Gasteiger partial charge >= 0.3 is 0 Å². The number of hydrogen-bond acceptors (Lipinski definition) is 5. The lowest BCUT2D eigenvalue weighted by Crippen LogP contribution is -2.20. The minimum Gasteiger partial charge on any atom is -0.493 e. The number of fused-ring (bicyclic) bond motifs is 1. The number of nitrogens with one attached hydrogen (secondary N) is 1. The Hall–Kier alpha value is -3.09. The number of aryl methyl sites for hydroxylation is 2. The molecule has 7 heteroatoms. The van der Waals surface area contributed by atoms with E-state index in [1.54, 1.807) is 14.2 Å². The highest BCUT2D eigenvalue weighted by Crippen LogP contribution is 2.37. The molecule has 0 saturated carbocycles. The van der Waals surface area contributed by atoms with Gasteiger partial charge in [-0.15, -0.1) is 10.2 Å². The highest BCUT2D eigenvalue weighted by molar-refractivity contribution is 5.64. The number of rotatable bonds is 5. The average molecular weight is 382 g/mol. The van der Waals surface area contributed by atoms with Crippen LogP contribution in [0.25, 0.3) is 0 Å². The Morgan fingerprint density at radius 2 is 1.79 bits per heavy atom. The molecule has 4 rings (SSSR count). The number of anilines is 2. The molecule has 1 aliphatic rings. The third kappa shape index (κ3) is 3.28. The van der Waals surface area contributed by atoms with Gasteiger partial charge in [0.25, 0.3) is 0 Å². The Bertz CT molecular complexity index is 985. The standard InChI is InChI=1S/C21H23FN4O2/c1-13-11-18(27-2)19(28-3)12-16(13)23-21-25-24-20-6-4-5-17(26(20)21)14-7-9-15(22)10-8-14/h7-12,17H,4-6H2,1-3H3,(H,23,25)/t17-/m0/s1. The quantitative estimate of drug-likeness (QED) is 0.708. The lowest BCUT2D eigenvalue weighted by atomic mass is 9.97. The van der Waals surface area contributed by atoms with Crippen molar-refractivity contribution in [3.05, 3.63) is 59.2 Å². The van der Waals surface area contributed by atoms with Crippen molar-refractivity contribution in [2.75, 3.05) is 19.5 Å². The van der Waals surface area contributed by atoms with Gasteiger partial charge in [-0.25, -0.2) is 4.39 Å². The first-order chi connectivity index (χ1) is 13.6. The van der Waals surface area contributed by atoms with E-state index in [1.165, 1.54) is 12.1 Å². The summed E-state index contributed by atoms with van der Waals surface area (Å²) in [4.78, 5) is 0. The van der Waals surface area contributed by atoms with Crippen LogP contribution in [-0.4, -0.2) is 29.0 Å². The van der Waals surface area contributed by atoms with Gasteiger partial charge < -0.3 is 14.8 Å². The summed E-state index contributed by atoms with van der Waals surface area (Å²) in [5.74, 6) is 2.69. The minimum atomic E-state index is -0.233. The Labute approximate surface area is 163 Å². The van der Waals surface area contributed by atoms with Crippen molar-refractivity contribution in [1.29, 1.82) is 0 Å². The fourth-order valence-corrected chi connectivity index (χ4v) is 3.73. The minimum absolute atomic E-state index is 0.0716. The maximum absolute atomic E-state index is 13.4. The van der Waals surface area contributed by atoms with E-state index in [0.29, 0.717) is 17.4 Å². The first kappa shape index (κ1) is 18.3. The number of benzene rings is 2. The molecule has 1 atom stereocenters. The Morgan fingerprint density at radius 1 is 1.07 bits per heavy atom. The van der Waals surface area contributed by atoms with Crippen molar-refractivity contribution in [2.24, 2.45) is 0 Å². The normalized spacial score (nSPS) is 15.8. The van der Waals surface area contributed by atoms with Crippen molar-refractivity contribution in [3.63, 3.8) is 0 Å². The molecular weight excluding hydrogens is 359 g/mol. The highest BCUT2D eigenvalue weighted by atomic mass is 19.1. The molecule has 146 valence electrons. The van der Waals surface area contributed by atoms with Gasteiger partial charge in [-0.2, -0.15) is 0 Å². The lowest BCUT2D eigenvalue weighted by Gasteiger charge is -2.27. The molecule has 0 aliphatic carbocycles. The van der Waals surface area contributed by atoms with Crippen LogP contribution >= 0.6 is 0 Å². The second-order valence-electron chi connectivity index (χ2n) is 6.92. The summed E-state index contributed by atoms with van der Waals surface area (Å²) in [6.07, 6.45) is 2.85. The Balaban J connectivity index is 1.71. The van der Waals surface area contributed by atoms with Crippen LogP contribution in [-0.2, 0) is 6.42 Å². The molecule has 3 aromatic rings. The molecule has 1 aliphatic heterocycles. The van der Waals surface area contributed by atoms with Crippen LogP contribution < -0.4 is 14.8 Å². The molecule has 1 N–H and O–H groups in total. The summed E-state index contributed by atoms with van der Waals surface area (Å²) in [7, 11) is 3.23. The molecule has 0 spiro atoms. The smallest absolute Gasteiger partial charge is 0.229 e. The monoisotopic (exact) mass is 382 g/mol. The molecule has 2 aromatic carbocycles. The van der Waals surface area contributed by atoms with Crippen molar-refractivity contribution in [2.45, 2.75) is 32.2 Å². The molecule has 0 radical (unpaired) electrons. The van der Waals surface area contributed by atoms with Crippen molar-refractivity contribution >= 4 is 11.6 Å². The molecule has 2 heterocycles. The summed E-state index contributed by atoms with van der Waals surface area (Å²) in [6, 6.07) is 10.6. The summed E-state index contributed by atoms with van der Waals surface area (Å²) in [5.41, 5.74) is 2.93. The fraction of sp³-hybridized carbons (Fsp3) is 0.333. The van der Waals surface area contributed by atoms with E-state index >= 15 is 0 Å². The Morgan fingerprint density at radius 3 is 2.50 bits per heavy atom. The summed E-state index contributed by atoms with van der Waals surface area (Å²) in [5, 5.41) is 12.2. The second-order valence-corrected chi connectivity index (χ2v) is 6.92. The van der Waals surface area contributed by atoms with Crippen LogP contribution in [0.3, 0.4) is 0 Å². The lowest BCUT2D eigenvalue weighted by molar-refractivity contribution is 0.355. The third-order valence-corrected chi connectivity index (χ3v) is 5.19. The van der Waals surface area contributed by atoms with Gasteiger partial charge in [0.05, 0.1) is 20.3 Å². The molecule has 6 nitrogen and oxygen atoms in total. The van der Waals surface area contributed by atoms with Crippen LogP contribution in [0.1, 0.15) is 35.8 Å². The summed E-state index contributed by atoms with van der Waals surface area (Å²) in [6.45, 7) is 2.00. The van der Waals surface area contributed by atoms with Crippen LogP contribution in [0.4, 0.5) is 16.0 Å². The van der Waals surface area contributed by atoms with Crippen molar-refractivity contribution in [1.82, 2.24) is 14.8 Å². The molecular formula is C21H23FN4O2. The first-order valence-electron chi connectivity index (χ1n) is 9.29. The highest BCUT2D eigenvalue weighted by Gasteiger charge is 2.26. The number of methoxy groups -OCH3 is 2. The molecule has 0 bridgehead atoms. The van der Waals surface area contributed by atoms with E-state index < -0.39 is 0 Å². The van der Waals surface area contributed by atoms with Crippen molar-refractivity contribution in [3.8, 4) is 11.5 Å². The molecule has 0 fully saturated rings. The van der Waals surface area contributed by atoms with Gasteiger partial charge in [-0.3, -0.25) is 4.57 Å². The zero-order valence-electron chi connectivity index (χ0n) is 16.2. The average Bonchev–Trinajstić information content (AvgIpc) is 3.13. The first-order valence-corrected chi connectivity index (χ1v) is 9.29. The van der Waals surface area contributed by atoms with E-state index in [1.807, 2.05) is 31.2 Å². The second kappa shape index (κ2) is 7.50. The molecule has 28 heavy (non-hydrogen) atoms. The van der Waals surface area contributed by atoms with E-state index in [2.05, 4.69) is 20.1 Å². The van der Waals surface area contributed by atoms with Gasteiger partial charge in [0, 0.05) is 18.2 Å². The van der Waals surface area contributed by atoms with Gasteiger partial charge in [0.15, 0.2) is 11.5 Å². The number of hydrogen-bond donors (Lipinski definition) is 1. The number of nitrogens with zero attached hydrogens (tertiary/aromatic N) is 3. The molecule has 1 aromatic heterocycles. The van der Waals surface area contributed by atoms with Crippen LogP contribution in [0.15, 0.2) is 36.4 Å². The molecule has 0 saturated heterocycles. The molecule has 0 amide bonds. The fourth-order valence-electron chi connectivity index (χ4n) is 3.73. The number of aromatic nitrogens is 3. The zero-order valence-corrected chi connectivity index (χ0v) is 16.2. The summed E-state index contributed by atoms with van der Waals surface area (Å²) < 4.78 is 26.3. The Kier molecular flexibility index (Phi) is 4.90. The molecule has 0 unspecified atom stereocenters. The van der Waals surface area contributed by atoms with Crippen LogP contribution in [0, 0.1) is 12.7 Å². The maximum atomic E-state index is 13.4. The van der Waals surface area contributed by atoms with Gasteiger partial charge in [-0.05, 0) is 49.1 Å². The van der Waals surface area contributed by atoms with E-state index in [9.17, 15) is 4.39 Å². The predicted octanol–water partition coefficient (Wildman–Crippen LogP) is 4.41. The SMILES string of the molecule is COc1cc(C)c(Nc2nnc3n2[C@H](c2ccc(F)cc2)CCC3)cc1OC.